The van der Waals surface area contributed by atoms with Gasteiger partial charge < -0.3 is 9.47 Å². The van der Waals surface area contributed by atoms with Gasteiger partial charge in [0.2, 0.25) is 0 Å². The van der Waals surface area contributed by atoms with E-state index in [9.17, 15) is 4.79 Å². The first-order valence-corrected chi connectivity index (χ1v) is 5.11. The summed E-state index contributed by atoms with van der Waals surface area (Å²) < 4.78 is 13.4. The topological polar surface area (TPSA) is 45.4 Å². The summed E-state index contributed by atoms with van der Waals surface area (Å²) in [4.78, 5) is 11.6. The fraction of sp³-hybridized carbons (Fsp3) is 0.700. The van der Waals surface area contributed by atoms with Crippen molar-refractivity contribution in [2.24, 2.45) is 0 Å². The molecule has 0 saturated heterocycles. The minimum Gasteiger partial charge on any atom is -0.382 e. The maximum absolute atomic E-state index is 11.6. The molecule has 1 heterocycles. The lowest BCUT2D eigenvalue weighted by molar-refractivity contribution is 0.0662. The summed E-state index contributed by atoms with van der Waals surface area (Å²) in [7, 11) is 1.63. The molecule has 0 radical (unpaired) electrons. The van der Waals surface area contributed by atoms with Crippen LogP contribution in [-0.2, 0) is 22.6 Å². The minimum absolute atomic E-state index is 0.0211. The standard InChI is InChI=1S/C10H18N2O3/c1-3-11-4-5-12(10(11)13)6-7-15-9-8-14-2/h4-5H,3,6-9H2,1-2H3. The van der Waals surface area contributed by atoms with Crippen LogP contribution in [0.2, 0.25) is 0 Å². The molecule has 5 nitrogen and oxygen atoms in total. The Labute approximate surface area is 89.2 Å². The van der Waals surface area contributed by atoms with E-state index in [2.05, 4.69) is 0 Å². The molecule has 0 aromatic carbocycles. The van der Waals surface area contributed by atoms with Gasteiger partial charge in [-0.15, -0.1) is 0 Å². The molecule has 0 aliphatic rings. The third kappa shape index (κ3) is 3.53. The zero-order chi connectivity index (χ0) is 11.1. The van der Waals surface area contributed by atoms with E-state index in [-0.39, 0.29) is 5.69 Å². The smallest absolute Gasteiger partial charge is 0.328 e. The number of aryl methyl sites for hydroxylation is 1. The van der Waals surface area contributed by atoms with Crippen molar-refractivity contribution in [3.63, 3.8) is 0 Å². The lowest BCUT2D eigenvalue weighted by Gasteiger charge is -2.03. The Morgan fingerprint density at radius 2 is 1.93 bits per heavy atom. The molecule has 15 heavy (non-hydrogen) atoms. The van der Waals surface area contributed by atoms with Crippen molar-refractivity contribution < 1.29 is 9.47 Å². The molecule has 0 amide bonds. The summed E-state index contributed by atoms with van der Waals surface area (Å²) in [5.74, 6) is 0. The van der Waals surface area contributed by atoms with Gasteiger partial charge in [-0.1, -0.05) is 0 Å². The summed E-state index contributed by atoms with van der Waals surface area (Å²) in [5, 5.41) is 0. The number of ether oxygens (including phenoxy) is 2. The van der Waals surface area contributed by atoms with Crippen molar-refractivity contribution in [1.29, 1.82) is 0 Å². The normalized spacial score (nSPS) is 10.8. The highest BCUT2D eigenvalue weighted by Gasteiger charge is 2.00. The van der Waals surface area contributed by atoms with Crippen LogP contribution in [0.25, 0.3) is 0 Å². The molecule has 0 unspecified atom stereocenters. The third-order valence-corrected chi connectivity index (χ3v) is 2.17. The third-order valence-electron chi connectivity index (χ3n) is 2.17. The highest BCUT2D eigenvalue weighted by molar-refractivity contribution is 4.80. The van der Waals surface area contributed by atoms with Crippen LogP contribution in [0.15, 0.2) is 17.2 Å². The van der Waals surface area contributed by atoms with E-state index in [1.165, 1.54) is 0 Å². The number of nitrogens with zero attached hydrogens (tertiary/aromatic N) is 2. The molecular formula is C10H18N2O3. The van der Waals surface area contributed by atoms with Gasteiger partial charge in [-0.2, -0.15) is 0 Å². The second-order valence-corrected chi connectivity index (χ2v) is 3.17. The summed E-state index contributed by atoms with van der Waals surface area (Å²) in [5.41, 5.74) is 0.0211. The van der Waals surface area contributed by atoms with Gasteiger partial charge in [0, 0.05) is 26.0 Å². The molecule has 0 N–H and O–H groups in total. The Kier molecular flexibility index (Phi) is 5.14. The van der Waals surface area contributed by atoms with Crippen LogP contribution in [-0.4, -0.2) is 36.1 Å². The van der Waals surface area contributed by atoms with Crippen molar-refractivity contribution in [2.45, 2.75) is 20.0 Å². The van der Waals surface area contributed by atoms with Crippen LogP contribution in [0.4, 0.5) is 0 Å². The molecule has 0 atom stereocenters. The van der Waals surface area contributed by atoms with Gasteiger partial charge in [0.05, 0.1) is 26.4 Å². The highest BCUT2D eigenvalue weighted by Crippen LogP contribution is 1.86. The molecule has 0 bridgehead atoms. The molecule has 0 aliphatic carbocycles. The molecule has 0 aliphatic heterocycles. The fourth-order valence-corrected chi connectivity index (χ4v) is 1.27. The van der Waals surface area contributed by atoms with E-state index in [1.54, 1.807) is 28.6 Å². The Bertz CT molecular complexity index is 330. The van der Waals surface area contributed by atoms with Crippen molar-refractivity contribution in [1.82, 2.24) is 9.13 Å². The lowest BCUT2D eigenvalue weighted by Crippen LogP contribution is -2.25. The Hall–Kier alpha value is -1.07. The van der Waals surface area contributed by atoms with Gasteiger partial charge in [0.25, 0.3) is 0 Å². The summed E-state index contributed by atoms with van der Waals surface area (Å²) in [6.45, 7) is 4.94. The highest BCUT2D eigenvalue weighted by atomic mass is 16.5. The number of imidazole rings is 1. The zero-order valence-electron chi connectivity index (χ0n) is 9.31. The number of hydrogen-bond donors (Lipinski definition) is 0. The number of aromatic nitrogens is 2. The maximum Gasteiger partial charge on any atom is 0.328 e. The molecule has 1 aromatic heterocycles. The molecule has 1 aromatic rings. The summed E-state index contributed by atoms with van der Waals surface area (Å²) in [6.07, 6.45) is 3.57. The van der Waals surface area contributed by atoms with Crippen LogP contribution >= 0.6 is 0 Å². The van der Waals surface area contributed by atoms with Gasteiger partial charge in [-0.05, 0) is 6.92 Å². The molecule has 1 rings (SSSR count). The van der Waals surface area contributed by atoms with Crippen LogP contribution in [0, 0.1) is 0 Å². The van der Waals surface area contributed by atoms with Crippen molar-refractivity contribution in [3.05, 3.63) is 22.9 Å². The monoisotopic (exact) mass is 214 g/mol. The van der Waals surface area contributed by atoms with Crippen LogP contribution < -0.4 is 5.69 Å². The lowest BCUT2D eigenvalue weighted by atomic mass is 10.6. The van der Waals surface area contributed by atoms with E-state index < -0.39 is 0 Å². The fourth-order valence-electron chi connectivity index (χ4n) is 1.27. The molecule has 0 fully saturated rings. The van der Waals surface area contributed by atoms with E-state index in [0.717, 1.165) is 0 Å². The van der Waals surface area contributed by atoms with Crippen molar-refractivity contribution in [2.75, 3.05) is 26.9 Å². The SMILES string of the molecule is CCn1ccn(CCOCCOC)c1=O. The quantitative estimate of drug-likeness (QED) is 0.615. The van der Waals surface area contributed by atoms with Crippen molar-refractivity contribution in [3.8, 4) is 0 Å². The van der Waals surface area contributed by atoms with Crippen LogP contribution in [0.1, 0.15) is 6.92 Å². The Balaban J connectivity index is 2.31. The van der Waals surface area contributed by atoms with Crippen LogP contribution in [0.3, 0.4) is 0 Å². The second-order valence-electron chi connectivity index (χ2n) is 3.17. The van der Waals surface area contributed by atoms with Crippen molar-refractivity contribution >= 4 is 0 Å². The van der Waals surface area contributed by atoms with Gasteiger partial charge in [-0.3, -0.25) is 9.13 Å². The van der Waals surface area contributed by atoms with E-state index in [0.29, 0.717) is 32.9 Å². The Morgan fingerprint density at radius 3 is 2.53 bits per heavy atom. The second kappa shape index (κ2) is 6.42. The average molecular weight is 214 g/mol. The first kappa shape index (κ1) is 12.0. The first-order chi connectivity index (χ1) is 7.29. The number of methoxy groups -OCH3 is 1. The largest absolute Gasteiger partial charge is 0.382 e. The van der Waals surface area contributed by atoms with E-state index in [1.807, 2.05) is 6.92 Å². The predicted molar refractivity (Wildman–Crippen MR) is 57.1 cm³/mol. The molecule has 5 heteroatoms. The minimum atomic E-state index is 0.0211. The van der Waals surface area contributed by atoms with E-state index in [4.69, 9.17) is 9.47 Å². The van der Waals surface area contributed by atoms with Gasteiger partial charge in [0.15, 0.2) is 0 Å². The predicted octanol–water partition coefficient (Wildman–Crippen LogP) is 0.333. The first-order valence-electron chi connectivity index (χ1n) is 5.11. The van der Waals surface area contributed by atoms with Gasteiger partial charge in [0.1, 0.15) is 0 Å². The number of rotatable bonds is 7. The molecule has 0 saturated carbocycles. The van der Waals surface area contributed by atoms with Crippen LogP contribution in [0.5, 0.6) is 0 Å². The van der Waals surface area contributed by atoms with Gasteiger partial charge >= 0.3 is 5.69 Å². The average Bonchev–Trinajstić information content (AvgIpc) is 2.60. The van der Waals surface area contributed by atoms with E-state index >= 15 is 0 Å². The maximum atomic E-state index is 11.6. The number of hydrogen-bond acceptors (Lipinski definition) is 3. The van der Waals surface area contributed by atoms with Gasteiger partial charge in [-0.25, -0.2) is 4.79 Å². The molecular weight excluding hydrogens is 196 g/mol. The Morgan fingerprint density at radius 1 is 1.20 bits per heavy atom. The summed E-state index contributed by atoms with van der Waals surface area (Å²) >= 11 is 0. The summed E-state index contributed by atoms with van der Waals surface area (Å²) in [6, 6.07) is 0. The zero-order valence-corrected chi connectivity index (χ0v) is 9.31. The molecule has 86 valence electrons. The molecule has 0 spiro atoms.